The van der Waals surface area contributed by atoms with Crippen LogP contribution in [-0.4, -0.2) is 125 Å². The van der Waals surface area contributed by atoms with E-state index in [-0.39, 0.29) is 35.7 Å². The van der Waals surface area contributed by atoms with Gasteiger partial charge in [-0.3, -0.25) is 14.9 Å². The summed E-state index contributed by atoms with van der Waals surface area (Å²) in [6, 6.07) is 14.9. The Kier molecular flexibility index (Phi) is 13.2. The van der Waals surface area contributed by atoms with Crippen molar-refractivity contribution < 1.29 is 38.4 Å². The SMILES string of the molecule is COC(=O)N[C@H](C(=O)N1CCC[C@H]1c1ncc(-c2ccc(-c3ccc(-c4cnc([C@@H]5CCCN5C(=O)[C@@H](NC(O)OC)C5CCOCC5)[nH]4)cc3)cc2)[nH]1)C1CCOCC1. The molecular formula is C44H56N8O8. The van der Waals surface area contributed by atoms with Gasteiger partial charge >= 0.3 is 6.09 Å². The van der Waals surface area contributed by atoms with E-state index in [1.165, 1.54) is 14.2 Å². The van der Waals surface area contributed by atoms with Gasteiger partial charge in [-0.1, -0.05) is 48.5 Å². The lowest BCUT2D eigenvalue weighted by atomic mass is 9.90. The monoisotopic (exact) mass is 824 g/mol. The molecule has 1 unspecified atom stereocenters. The number of nitrogens with one attached hydrogen (secondary N) is 4. The standard InChI is InChI=1S/C44H56N8O8/c1-57-43(55)49-37(31-15-21-59-22-16-31)41(53)51-19-3-5-35(51)39-45-25-33(47-39)29-11-7-27(8-12-29)28-9-13-30(14-10-28)34-26-46-40(48-34)36-6-4-20-52(36)42(54)38(50-44(56)58-2)32-17-23-60-24-18-32/h7-14,25-26,31-32,35-38,43,49,55H,3-6,15-24H2,1-2H3,(H,45,47)(H,46,48)(H,50,56)/t35-,36-,37-,38-,43?/m0/s1. The molecule has 320 valence electrons. The van der Waals surface area contributed by atoms with E-state index < -0.39 is 24.6 Å². The third kappa shape index (κ3) is 9.12. The fourth-order valence-corrected chi connectivity index (χ4v) is 9.27. The number of aromatic amines is 2. The molecular weight excluding hydrogens is 769 g/mol. The van der Waals surface area contributed by atoms with Crippen molar-refractivity contribution in [3.63, 3.8) is 0 Å². The molecule has 0 saturated carbocycles. The first-order valence-electron chi connectivity index (χ1n) is 21.2. The quantitative estimate of drug-likeness (QED) is 0.115. The topological polar surface area (TPSA) is 196 Å². The van der Waals surface area contributed by atoms with Crippen LogP contribution in [-0.2, 0) is 28.5 Å². The van der Waals surface area contributed by atoms with E-state index in [4.69, 9.17) is 28.9 Å². The molecule has 4 aliphatic heterocycles. The first-order valence-corrected chi connectivity index (χ1v) is 21.2. The van der Waals surface area contributed by atoms with Crippen molar-refractivity contribution in [1.82, 2.24) is 40.4 Å². The molecule has 6 heterocycles. The van der Waals surface area contributed by atoms with Gasteiger partial charge in [-0.15, -0.1) is 0 Å². The summed E-state index contributed by atoms with van der Waals surface area (Å²) in [6.07, 6.45) is 7.93. The van der Waals surface area contributed by atoms with Gasteiger partial charge in [0.05, 0.1) is 49.0 Å². The fraction of sp³-hybridized carbons (Fsp3) is 0.523. The summed E-state index contributed by atoms with van der Waals surface area (Å²) >= 11 is 0. The molecule has 0 bridgehead atoms. The molecule has 2 aromatic heterocycles. The summed E-state index contributed by atoms with van der Waals surface area (Å²) in [5.41, 5.74) is 5.82. The molecule has 3 amide bonds. The fourth-order valence-electron chi connectivity index (χ4n) is 9.27. The minimum absolute atomic E-state index is 0.0264. The summed E-state index contributed by atoms with van der Waals surface area (Å²) in [4.78, 5) is 60.4. The van der Waals surface area contributed by atoms with E-state index in [0.717, 1.165) is 83.8 Å². The third-order valence-electron chi connectivity index (χ3n) is 12.6. The molecule has 4 aliphatic rings. The number of methoxy groups -OCH3 is 2. The Morgan fingerprint density at radius 3 is 1.57 bits per heavy atom. The Morgan fingerprint density at radius 1 is 0.683 bits per heavy atom. The zero-order chi connectivity index (χ0) is 41.6. The molecule has 4 saturated heterocycles. The smallest absolute Gasteiger partial charge is 0.407 e. The number of benzene rings is 2. The molecule has 4 fully saturated rings. The van der Waals surface area contributed by atoms with Crippen LogP contribution >= 0.6 is 0 Å². The molecule has 60 heavy (non-hydrogen) atoms. The number of rotatable bonds is 13. The largest absolute Gasteiger partial charge is 0.453 e. The zero-order valence-corrected chi connectivity index (χ0v) is 34.3. The van der Waals surface area contributed by atoms with Gasteiger partial charge in [0.1, 0.15) is 17.7 Å². The summed E-state index contributed by atoms with van der Waals surface area (Å²) in [7, 11) is 2.71. The highest BCUT2D eigenvalue weighted by atomic mass is 16.6. The van der Waals surface area contributed by atoms with Gasteiger partial charge in [0.2, 0.25) is 18.2 Å². The predicted molar refractivity (Wildman–Crippen MR) is 221 cm³/mol. The van der Waals surface area contributed by atoms with Crippen molar-refractivity contribution in [3.05, 3.63) is 72.6 Å². The highest BCUT2D eigenvalue weighted by Crippen LogP contribution is 2.36. The number of likely N-dealkylation sites (tertiary alicyclic amines) is 2. The second kappa shape index (κ2) is 19.1. The van der Waals surface area contributed by atoms with Gasteiger partial charge in [0, 0.05) is 46.6 Å². The molecule has 8 rings (SSSR count). The number of hydrogen-bond acceptors (Lipinski definition) is 11. The highest BCUT2D eigenvalue weighted by molar-refractivity contribution is 5.86. The molecule has 16 heteroatoms. The van der Waals surface area contributed by atoms with Crippen LogP contribution < -0.4 is 10.6 Å². The lowest BCUT2D eigenvalue weighted by Gasteiger charge is -2.35. The maximum Gasteiger partial charge on any atom is 0.407 e. The number of nitrogens with zero attached hydrogens (tertiary/aromatic N) is 4. The molecule has 0 spiro atoms. The summed E-state index contributed by atoms with van der Waals surface area (Å²) in [6.45, 7) is 3.51. The summed E-state index contributed by atoms with van der Waals surface area (Å²) in [5, 5.41) is 16.1. The van der Waals surface area contributed by atoms with E-state index in [0.29, 0.717) is 52.4 Å². The molecule has 0 radical (unpaired) electrons. The maximum atomic E-state index is 14.0. The number of H-pyrrole nitrogens is 2. The van der Waals surface area contributed by atoms with E-state index in [1.807, 2.05) is 22.2 Å². The number of amides is 3. The molecule has 0 aliphatic carbocycles. The molecule has 5 atom stereocenters. The second-order valence-electron chi connectivity index (χ2n) is 16.1. The number of imidazole rings is 2. The van der Waals surface area contributed by atoms with Gasteiger partial charge in [-0.25, -0.2) is 14.8 Å². The van der Waals surface area contributed by atoms with Crippen LogP contribution in [0.5, 0.6) is 0 Å². The van der Waals surface area contributed by atoms with Crippen LogP contribution in [0.15, 0.2) is 60.9 Å². The van der Waals surface area contributed by atoms with Gasteiger partial charge < -0.3 is 49.1 Å². The van der Waals surface area contributed by atoms with Crippen LogP contribution in [0, 0.1) is 11.8 Å². The number of aliphatic hydroxyl groups is 1. The Labute approximate surface area is 349 Å². The Balaban J connectivity index is 0.912. The lowest BCUT2D eigenvalue weighted by Crippen LogP contribution is -2.54. The summed E-state index contributed by atoms with van der Waals surface area (Å²) in [5.74, 6) is 1.31. The average molecular weight is 825 g/mol. The van der Waals surface area contributed by atoms with Crippen molar-refractivity contribution in [2.45, 2.75) is 81.9 Å². The van der Waals surface area contributed by atoms with Crippen molar-refractivity contribution in [1.29, 1.82) is 0 Å². The van der Waals surface area contributed by atoms with Crippen molar-refractivity contribution in [2.75, 3.05) is 53.7 Å². The maximum absolute atomic E-state index is 14.0. The number of hydrogen-bond donors (Lipinski definition) is 5. The number of aliphatic hydroxyl groups excluding tert-OH is 1. The Bertz CT molecular complexity index is 2060. The number of alkyl carbamates (subject to hydrolysis) is 1. The van der Waals surface area contributed by atoms with E-state index >= 15 is 0 Å². The molecule has 2 aromatic carbocycles. The van der Waals surface area contributed by atoms with Crippen molar-refractivity contribution in [2.24, 2.45) is 11.8 Å². The van der Waals surface area contributed by atoms with E-state index in [2.05, 4.69) is 69.1 Å². The highest BCUT2D eigenvalue weighted by Gasteiger charge is 2.41. The van der Waals surface area contributed by atoms with Gasteiger partial charge in [0.15, 0.2) is 0 Å². The first kappa shape index (κ1) is 41.6. The Hall–Kier alpha value is -5.13. The first-order chi connectivity index (χ1) is 29.3. The molecule has 4 aromatic rings. The number of aromatic nitrogens is 4. The van der Waals surface area contributed by atoms with Crippen molar-refractivity contribution >= 4 is 17.9 Å². The predicted octanol–water partition coefficient (Wildman–Crippen LogP) is 4.92. The van der Waals surface area contributed by atoms with Crippen LogP contribution in [0.3, 0.4) is 0 Å². The van der Waals surface area contributed by atoms with E-state index in [1.54, 1.807) is 0 Å². The third-order valence-corrected chi connectivity index (χ3v) is 12.6. The normalized spacial score (nSPS) is 21.8. The molecule has 16 nitrogen and oxygen atoms in total. The number of carbonyl (C=O) groups is 3. The molecule has 5 N–H and O–H groups in total. The van der Waals surface area contributed by atoms with Crippen molar-refractivity contribution in [3.8, 4) is 33.6 Å². The van der Waals surface area contributed by atoms with Crippen LogP contribution in [0.4, 0.5) is 4.79 Å². The van der Waals surface area contributed by atoms with E-state index in [9.17, 15) is 19.5 Å². The average Bonchev–Trinajstić information content (AvgIpc) is 4.15. The van der Waals surface area contributed by atoms with Crippen LogP contribution in [0.2, 0.25) is 0 Å². The lowest BCUT2D eigenvalue weighted by molar-refractivity contribution is -0.147. The summed E-state index contributed by atoms with van der Waals surface area (Å²) < 4.78 is 21.0. The minimum Gasteiger partial charge on any atom is -0.453 e. The van der Waals surface area contributed by atoms with Crippen LogP contribution in [0.1, 0.15) is 75.1 Å². The number of carbonyl (C=O) groups excluding carboxylic acids is 3. The van der Waals surface area contributed by atoms with Gasteiger partial charge in [0.25, 0.3) is 0 Å². The minimum atomic E-state index is -1.24. The second-order valence-corrected chi connectivity index (χ2v) is 16.1. The Morgan fingerprint density at radius 2 is 1.12 bits per heavy atom. The van der Waals surface area contributed by atoms with Gasteiger partial charge in [-0.2, -0.15) is 0 Å². The van der Waals surface area contributed by atoms with Gasteiger partial charge in [-0.05, 0) is 85.5 Å². The number of ether oxygens (including phenoxy) is 4. The zero-order valence-electron chi connectivity index (χ0n) is 34.3. The van der Waals surface area contributed by atoms with Crippen LogP contribution in [0.25, 0.3) is 33.6 Å².